The van der Waals surface area contributed by atoms with Gasteiger partial charge in [-0.25, -0.2) is 0 Å². The molecule has 0 spiro atoms. The number of nitrogen functional groups attached to an aromatic ring is 1. The zero-order chi connectivity index (χ0) is 13.8. The van der Waals surface area contributed by atoms with Crippen LogP contribution in [-0.2, 0) is 0 Å². The summed E-state index contributed by atoms with van der Waals surface area (Å²) < 4.78 is 10.7. The third-order valence-electron chi connectivity index (χ3n) is 2.56. The number of hydrogen-bond donors (Lipinski definition) is 2. The van der Waals surface area contributed by atoms with Crippen molar-refractivity contribution in [3.63, 3.8) is 0 Å². The molecule has 5 heteroatoms. The van der Waals surface area contributed by atoms with E-state index in [1.807, 2.05) is 0 Å². The predicted molar refractivity (Wildman–Crippen MR) is 72.4 cm³/mol. The summed E-state index contributed by atoms with van der Waals surface area (Å²) in [7, 11) is 1.53. The minimum Gasteiger partial charge on any atom is -0.494 e. The van der Waals surface area contributed by atoms with Gasteiger partial charge in [-0.3, -0.25) is 4.79 Å². The molecule has 98 valence electrons. The lowest BCUT2D eigenvalue weighted by molar-refractivity contribution is 0.1000. The van der Waals surface area contributed by atoms with E-state index in [2.05, 4.69) is 0 Å². The fourth-order valence-electron chi connectivity index (χ4n) is 1.60. The number of nitrogens with two attached hydrogens (primary N) is 2. The van der Waals surface area contributed by atoms with E-state index >= 15 is 0 Å². The van der Waals surface area contributed by atoms with E-state index in [-0.39, 0.29) is 0 Å². The molecule has 2 aromatic carbocycles. The largest absolute Gasteiger partial charge is 0.494 e. The van der Waals surface area contributed by atoms with Crippen LogP contribution in [0.4, 0.5) is 5.69 Å². The predicted octanol–water partition coefficient (Wildman–Crippen LogP) is 2.17. The van der Waals surface area contributed by atoms with Gasteiger partial charge in [-0.05, 0) is 30.3 Å². The van der Waals surface area contributed by atoms with Gasteiger partial charge in [-0.2, -0.15) is 0 Å². The second-order valence-electron chi connectivity index (χ2n) is 3.90. The summed E-state index contributed by atoms with van der Waals surface area (Å²) in [4.78, 5) is 11.1. The molecule has 1 amide bonds. The van der Waals surface area contributed by atoms with Crippen molar-refractivity contribution in [2.75, 3.05) is 12.8 Å². The van der Waals surface area contributed by atoms with E-state index in [4.69, 9.17) is 20.9 Å². The Labute approximate surface area is 110 Å². The van der Waals surface area contributed by atoms with Crippen molar-refractivity contribution in [1.82, 2.24) is 0 Å². The van der Waals surface area contributed by atoms with Gasteiger partial charge in [0.05, 0.1) is 12.8 Å². The molecule has 4 N–H and O–H groups in total. The number of anilines is 1. The molecule has 0 aliphatic carbocycles. The number of carbonyl (C=O) groups is 1. The summed E-state index contributed by atoms with van der Waals surface area (Å²) in [5.74, 6) is 1.11. The van der Waals surface area contributed by atoms with Crippen LogP contribution in [-0.4, -0.2) is 13.0 Å². The normalized spacial score (nSPS) is 9.95. The maximum absolute atomic E-state index is 11.1. The van der Waals surface area contributed by atoms with Crippen LogP contribution in [0.1, 0.15) is 10.4 Å². The summed E-state index contributed by atoms with van der Waals surface area (Å²) in [6.07, 6.45) is 0. The first-order chi connectivity index (χ1) is 9.10. The molecule has 0 aromatic heterocycles. The molecule has 5 nitrogen and oxygen atoms in total. The standard InChI is InChI=1S/C14H14N2O3/c1-18-13-8-11(5-6-12(13)15)19-10-4-2-3-9(7-10)14(16)17/h2-8H,15H2,1H3,(H2,16,17). The maximum atomic E-state index is 11.1. The van der Waals surface area contributed by atoms with E-state index in [0.717, 1.165) is 0 Å². The van der Waals surface area contributed by atoms with E-state index in [1.54, 1.807) is 42.5 Å². The quantitative estimate of drug-likeness (QED) is 0.823. The molecule has 0 unspecified atom stereocenters. The second-order valence-corrected chi connectivity index (χ2v) is 3.90. The Balaban J connectivity index is 2.26. The Morgan fingerprint density at radius 3 is 2.53 bits per heavy atom. The number of primary amides is 1. The highest BCUT2D eigenvalue weighted by Crippen LogP contribution is 2.29. The van der Waals surface area contributed by atoms with Crippen LogP contribution in [0.5, 0.6) is 17.2 Å². The number of ether oxygens (including phenoxy) is 2. The fraction of sp³-hybridized carbons (Fsp3) is 0.0714. The zero-order valence-electron chi connectivity index (χ0n) is 10.4. The summed E-state index contributed by atoms with van der Waals surface area (Å²) in [5.41, 5.74) is 11.8. The highest BCUT2D eigenvalue weighted by Gasteiger charge is 2.05. The third-order valence-corrected chi connectivity index (χ3v) is 2.56. The van der Waals surface area contributed by atoms with Crippen molar-refractivity contribution in [1.29, 1.82) is 0 Å². The molecule has 0 saturated heterocycles. The Hall–Kier alpha value is -2.69. The lowest BCUT2D eigenvalue weighted by Gasteiger charge is -2.09. The fourth-order valence-corrected chi connectivity index (χ4v) is 1.60. The minimum atomic E-state index is -0.500. The van der Waals surface area contributed by atoms with Crippen LogP contribution in [0.25, 0.3) is 0 Å². The van der Waals surface area contributed by atoms with Gasteiger partial charge in [-0.15, -0.1) is 0 Å². The molecular formula is C14H14N2O3. The monoisotopic (exact) mass is 258 g/mol. The molecule has 0 saturated carbocycles. The summed E-state index contributed by atoms with van der Waals surface area (Å²) in [5, 5.41) is 0. The van der Waals surface area contributed by atoms with Crippen LogP contribution < -0.4 is 20.9 Å². The zero-order valence-corrected chi connectivity index (χ0v) is 10.4. The number of benzene rings is 2. The number of carbonyl (C=O) groups excluding carboxylic acids is 1. The maximum Gasteiger partial charge on any atom is 0.248 e. The van der Waals surface area contributed by atoms with Gasteiger partial charge in [0, 0.05) is 11.6 Å². The highest BCUT2D eigenvalue weighted by atomic mass is 16.5. The molecule has 0 aliphatic heterocycles. The molecule has 0 bridgehead atoms. The van der Waals surface area contributed by atoms with Crippen molar-refractivity contribution >= 4 is 11.6 Å². The van der Waals surface area contributed by atoms with Crippen LogP contribution in [0.15, 0.2) is 42.5 Å². The van der Waals surface area contributed by atoms with Crippen molar-refractivity contribution in [3.8, 4) is 17.2 Å². The van der Waals surface area contributed by atoms with Crippen LogP contribution >= 0.6 is 0 Å². The minimum absolute atomic E-state index is 0.389. The van der Waals surface area contributed by atoms with Crippen molar-refractivity contribution in [2.45, 2.75) is 0 Å². The molecule has 0 fully saturated rings. The first kappa shape index (κ1) is 12.8. The van der Waals surface area contributed by atoms with Crippen molar-refractivity contribution in [2.24, 2.45) is 5.73 Å². The average molecular weight is 258 g/mol. The SMILES string of the molecule is COc1cc(Oc2cccc(C(N)=O)c2)ccc1N. The van der Waals surface area contributed by atoms with E-state index < -0.39 is 5.91 Å². The Kier molecular flexibility index (Phi) is 3.56. The Bertz CT molecular complexity index is 611. The van der Waals surface area contributed by atoms with Gasteiger partial charge in [-0.1, -0.05) is 6.07 Å². The lowest BCUT2D eigenvalue weighted by atomic mass is 10.2. The smallest absolute Gasteiger partial charge is 0.248 e. The average Bonchev–Trinajstić information content (AvgIpc) is 2.41. The number of amides is 1. The van der Waals surface area contributed by atoms with Crippen LogP contribution in [0.2, 0.25) is 0 Å². The topological polar surface area (TPSA) is 87.6 Å². The van der Waals surface area contributed by atoms with Gasteiger partial charge in [0.1, 0.15) is 17.2 Å². The summed E-state index contributed by atoms with van der Waals surface area (Å²) in [6, 6.07) is 11.7. The van der Waals surface area contributed by atoms with E-state index in [9.17, 15) is 4.79 Å². The van der Waals surface area contributed by atoms with Gasteiger partial charge in [0.2, 0.25) is 5.91 Å². The van der Waals surface area contributed by atoms with Crippen molar-refractivity contribution in [3.05, 3.63) is 48.0 Å². The van der Waals surface area contributed by atoms with Gasteiger partial charge in [0.25, 0.3) is 0 Å². The van der Waals surface area contributed by atoms with Crippen molar-refractivity contribution < 1.29 is 14.3 Å². The van der Waals surface area contributed by atoms with Crippen LogP contribution in [0, 0.1) is 0 Å². The van der Waals surface area contributed by atoms with Gasteiger partial charge >= 0.3 is 0 Å². The number of methoxy groups -OCH3 is 1. The first-order valence-corrected chi connectivity index (χ1v) is 5.61. The molecular weight excluding hydrogens is 244 g/mol. The summed E-state index contributed by atoms with van der Waals surface area (Å²) >= 11 is 0. The van der Waals surface area contributed by atoms with E-state index in [0.29, 0.717) is 28.5 Å². The first-order valence-electron chi connectivity index (χ1n) is 5.61. The van der Waals surface area contributed by atoms with Gasteiger partial charge in [0.15, 0.2) is 0 Å². The summed E-state index contributed by atoms with van der Waals surface area (Å²) in [6.45, 7) is 0. The lowest BCUT2D eigenvalue weighted by Crippen LogP contribution is -2.10. The Morgan fingerprint density at radius 1 is 1.11 bits per heavy atom. The molecule has 2 rings (SSSR count). The molecule has 19 heavy (non-hydrogen) atoms. The number of rotatable bonds is 4. The molecule has 2 aromatic rings. The Morgan fingerprint density at radius 2 is 1.84 bits per heavy atom. The molecule has 0 heterocycles. The molecule has 0 aliphatic rings. The third kappa shape index (κ3) is 2.95. The highest BCUT2D eigenvalue weighted by molar-refractivity contribution is 5.93. The molecule has 0 atom stereocenters. The van der Waals surface area contributed by atoms with E-state index in [1.165, 1.54) is 7.11 Å². The number of hydrogen-bond acceptors (Lipinski definition) is 4. The molecule has 0 radical (unpaired) electrons. The van der Waals surface area contributed by atoms with Gasteiger partial charge < -0.3 is 20.9 Å². The second kappa shape index (κ2) is 5.30. The van der Waals surface area contributed by atoms with Crippen LogP contribution in [0.3, 0.4) is 0 Å².